The number of anilines is 2. The quantitative estimate of drug-likeness (QED) is 0.404. The number of ether oxygens (including phenoxy) is 2. The average molecular weight is 444 g/mol. The second-order valence-electron chi connectivity index (χ2n) is 7.77. The van der Waals surface area contributed by atoms with Gasteiger partial charge in [-0.2, -0.15) is 0 Å². The van der Waals surface area contributed by atoms with Gasteiger partial charge in [0.05, 0.1) is 13.2 Å². The molecule has 3 N–H and O–H groups in total. The number of hydrogen-bond acceptors (Lipinski definition) is 5. The van der Waals surface area contributed by atoms with Crippen LogP contribution in [-0.4, -0.2) is 63.3 Å². The van der Waals surface area contributed by atoms with Crippen molar-refractivity contribution in [2.75, 3.05) is 62.7 Å². The molecule has 2 aliphatic heterocycles. The largest absolute Gasteiger partial charge is 0.490 e. The Balaban J connectivity index is 1.18. The second-order valence-corrected chi connectivity index (χ2v) is 8.20. The SMILES string of the molecule is NC(=NCCCN1CCN(c2cccc(Cl)c2)CC1)Nc1ccc2c(c1)OCCCO2. The van der Waals surface area contributed by atoms with Crippen molar-refractivity contribution >= 4 is 28.9 Å². The fraction of sp³-hybridized carbons (Fsp3) is 0.435. The molecule has 0 amide bonds. The van der Waals surface area contributed by atoms with E-state index in [1.54, 1.807) is 0 Å². The first-order chi connectivity index (χ1) is 15.2. The first kappa shape index (κ1) is 21.6. The van der Waals surface area contributed by atoms with Crippen LogP contribution in [0, 0.1) is 0 Å². The third-order valence-electron chi connectivity index (χ3n) is 5.48. The summed E-state index contributed by atoms with van der Waals surface area (Å²) >= 11 is 6.12. The van der Waals surface area contributed by atoms with Crippen molar-refractivity contribution in [1.82, 2.24) is 4.90 Å². The molecule has 8 heteroatoms. The van der Waals surface area contributed by atoms with E-state index in [9.17, 15) is 0 Å². The summed E-state index contributed by atoms with van der Waals surface area (Å²) in [6.07, 6.45) is 1.86. The zero-order valence-electron chi connectivity index (χ0n) is 17.7. The predicted molar refractivity (Wildman–Crippen MR) is 127 cm³/mol. The van der Waals surface area contributed by atoms with E-state index in [0.717, 1.165) is 67.8 Å². The van der Waals surface area contributed by atoms with E-state index in [1.807, 2.05) is 36.4 Å². The molecule has 1 saturated heterocycles. The highest BCUT2D eigenvalue weighted by Gasteiger charge is 2.17. The van der Waals surface area contributed by atoms with Crippen LogP contribution in [0.4, 0.5) is 11.4 Å². The van der Waals surface area contributed by atoms with Gasteiger partial charge in [0.2, 0.25) is 0 Å². The van der Waals surface area contributed by atoms with Gasteiger partial charge in [0.15, 0.2) is 17.5 Å². The molecule has 166 valence electrons. The Bertz CT molecular complexity index is 899. The van der Waals surface area contributed by atoms with Gasteiger partial charge in [-0.1, -0.05) is 17.7 Å². The van der Waals surface area contributed by atoms with Gasteiger partial charge in [0.1, 0.15) is 0 Å². The van der Waals surface area contributed by atoms with E-state index < -0.39 is 0 Å². The summed E-state index contributed by atoms with van der Waals surface area (Å²) in [5.74, 6) is 1.93. The Morgan fingerprint density at radius 1 is 1.03 bits per heavy atom. The molecule has 1 fully saturated rings. The molecule has 0 saturated carbocycles. The van der Waals surface area contributed by atoms with Gasteiger partial charge in [-0.15, -0.1) is 0 Å². The fourth-order valence-electron chi connectivity index (χ4n) is 3.82. The highest BCUT2D eigenvalue weighted by Crippen LogP contribution is 2.32. The standard InChI is InChI=1S/C23H30ClN5O2/c24-18-4-1-5-20(16-18)29-12-10-28(11-13-29)9-2-8-26-23(25)27-19-6-7-21-22(17-19)31-15-3-14-30-21/h1,4-7,16-17H,2-3,8-15H2,(H3,25,26,27). The summed E-state index contributed by atoms with van der Waals surface area (Å²) in [6.45, 7) is 7.16. The predicted octanol–water partition coefficient (Wildman–Crippen LogP) is 3.44. The molecule has 31 heavy (non-hydrogen) atoms. The van der Waals surface area contributed by atoms with Crippen molar-refractivity contribution in [2.24, 2.45) is 10.7 Å². The van der Waals surface area contributed by atoms with Crippen LogP contribution in [0.5, 0.6) is 11.5 Å². The minimum Gasteiger partial charge on any atom is -0.490 e. The highest BCUT2D eigenvalue weighted by molar-refractivity contribution is 6.30. The van der Waals surface area contributed by atoms with Crippen molar-refractivity contribution < 1.29 is 9.47 Å². The number of benzene rings is 2. The Kier molecular flexibility index (Phi) is 7.38. The summed E-state index contributed by atoms with van der Waals surface area (Å²) < 4.78 is 11.4. The van der Waals surface area contributed by atoms with E-state index in [0.29, 0.717) is 25.7 Å². The summed E-state index contributed by atoms with van der Waals surface area (Å²) in [4.78, 5) is 9.33. The lowest BCUT2D eigenvalue weighted by molar-refractivity contribution is 0.256. The van der Waals surface area contributed by atoms with Gasteiger partial charge in [0.25, 0.3) is 0 Å². The molecule has 4 rings (SSSR count). The van der Waals surface area contributed by atoms with E-state index in [2.05, 4.69) is 26.2 Å². The molecule has 7 nitrogen and oxygen atoms in total. The highest BCUT2D eigenvalue weighted by atomic mass is 35.5. The Morgan fingerprint density at radius 3 is 2.65 bits per heavy atom. The summed E-state index contributed by atoms with van der Waals surface area (Å²) in [6, 6.07) is 13.8. The molecule has 2 aliphatic rings. The smallest absolute Gasteiger partial charge is 0.193 e. The Hall–Kier alpha value is -2.64. The summed E-state index contributed by atoms with van der Waals surface area (Å²) in [5.41, 5.74) is 8.11. The van der Waals surface area contributed by atoms with Crippen LogP contribution >= 0.6 is 11.6 Å². The number of guanidine groups is 1. The molecule has 0 unspecified atom stereocenters. The molecule has 0 atom stereocenters. The van der Waals surface area contributed by atoms with Gasteiger partial charge in [-0.25, -0.2) is 0 Å². The molecule has 0 aromatic heterocycles. The number of fused-ring (bicyclic) bond motifs is 1. The molecule has 0 bridgehead atoms. The number of nitrogens with one attached hydrogen (secondary N) is 1. The van der Waals surface area contributed by atoms with Crippen molar-refractivity contribution in [1.29, 1.82) is 0 Å². The Morgan fingerprint density at radius 2 is 1.84 bits per heavy atom. The summed E-state index contributed by atoms with van der Waals surface area (Å²) in [5, 5.41) is 3.93. The number of halogens is 1. The lowest BCUT2D eigenvalue weighted by atomic mass is 10.2. The maximum Gasteiger partial charge on any atom is 0.193 e. The number of nitrogens with two attached hydrogens (primary N) is 1. The lowest BCUT2D eigenvalue weighted by Gasteiger charge is -2.36. The van der Waals surface area contributed by atoms with Crippen LogP contribution in [-0.2, 0) is 0 Å². The maximum absolute atomic E-state index is 6.12. The third-order valence-corrected chi connectivity index (χ3v) is 5.72. The number of nitrogens with zero attached hydrogens (tertiary/aromatic N) is 3. The van der Waals surface area contributed by atoms with Gasteiger partial charge in [-0.05, 0) is 36.8 Å². The van der Waals surface area contributed by atoms with E-state index in [4.69, 9.17) is 26.8 Å². The zero-order valence-corrected chi connectivity index (χ0v) is 18.5. The van der Waals surface area contributed by atoms with Gasteiger partial charge in [-0.3, -0.25) is 9.89 Å². The van der Waals surface area contributed by atoms with E-state index in [1.165, 1.54) is 5.69 Å². The van der Waals surface area contributed by atoms with Gasteiger partial charge in [0, 0.05) is 68.2 Å². The van der Waals surface area contributed by atoms with Gasteiger partial charge >= 0.3 is 0 Å². The van der Waals surface area contributed by atoms with E-state index >= 15 is 0 Å². The van der Waals surface area contributed by atoms with Crippen molar-refractivity contribution in [3.63, 3.8) is 0 Å². The number of aliphatic imine (C=N–C) groups is 1. The average Bonchev–Trinajstić information content (AvgIpc) is 3.02. The van der Waals surface area contributed by atoms with Crippen LogP contribution in [0.3, 0.4) is 0 Å². The molecular formula is C23H30ClN5O2. The molecule has 0 aliphatic carbocycles. The van der Waals surface area contributed by atoms with E-state index in [-0.39, 0.29) is 0 Å². The van der Waals surface area contributed by atoms with Crippen LogP contribution in [0.15, 0.2) is 47.5 Å². The molecule has 2 aromatic carbocycles. The second kappa shape index (κ2) is 10.6. The first-order valence-corrected chi connectivity index (χ1v) is 11.2. The van der Waals surface area contributed by atoms with Crippen LogP contribution < -0.4 is 25.4 Å². The van der Waals surface area contributed by atoms with Gasteiger partial charge < -0.3 is 25.4 Å². The number of hydrogen-bond donors (Lipinski definition) is 2. The zero-order chi connectivity index (χ0) is 21.5. The number of rotatable bonds is 6. The van der Waals surface area contributed by atoms with Crippen molar-refractivity contribution in [3.05, 3.63) is 47.5 Å². The Labute approximate surface area is 188 Å². The van der Waals surface area contributed by atoms with Crippen molar-refractivity contribution in [2.45, 2.75) is 12.8 Å². The van der Waals surface area contributed by atoms with Crippen molar-refractivity contribution in [3.8, 4) is 11.5 Å². The monoisotopic (exact) mass is 443 g/mol. The molecule has 2 aromatic rings. The molecule has 2 heterocycles. The molecule has 0 spiro atoms. The third kappa shape index (κ3) is 6.18. The lowest BCUT2D eigenvalue weighted by Crippen LogP contribution is -2.46. The van der Waals surface area contributed by atoms with Crippen LogP contribution in [0.2, 0.25) is 5.02 Å². The number of piperazine rings is 1. The molecular weight excluding hydrogens is 414 g/mol. The van der Waals surface area contributed by atoms with Crippen LogP contribution in [0.1, 0.15) is 12.8 Å². The van der Waals surface area contributed by atoms with Crippen LogP contribution in [0.25, 0.3) is 0 Å². The first-order valence-electron chi connectivity index (χ1n) is 10.9. The normalized spacial score (nSPS) is 17.3. The molecule has 0 radical (unpaired) electrons. The summed E-state index contributed by atoms with van der Waals surface area (Å²) in [7, 11) is 0. The minimum atomic E-state index is 0.417. The topological polar surface area (TPSA) is 75.4 Å². The maximum atomic E-state index is 6.12. The minimum absolute atomic E-state index is 0.417. The fourth-order valence-corrected chi connectivity index (χ4v) is 4.01.